The quantitative estimate of drug-likeness (QED) is 0.666. The van der Waals surface area contributed by atoms with Gasteiger partial charge in [0.05, 0.1) is 6.54 Å². The molecule has 0 saturated heterocycles. The minimum atomic E-state index is -1.00. The molecule has 1 atom stereocenters. The number of carboxylic acids is 1. The van der Waals surface area contributed by atoms with Gasteiger partial charge in [-0.1, -0.05) is 19.1 Å². The third-order valence-corrected chi connectivity index (χ3v) is 2.81. The summed E-state index contributed by atoms with van der Waals surface area (Å²) in [4.78, 5) is 22.2. The van der Waals surface area contributed by atoms with Crippen LogP contribution in [0, 0.1) is 0 Å². The summed E-state index contributed by atoms with van der Waals surface area (Å²) in [7, 11) is 0. The zero-order chi connectivity index (χ0) is 15.0. The maximum Gasteiger partial charge on any atom is 0.328 e. The Kier molecular flexibility index (Phi) is 6.46. The number of aliphatic carboxylic acids is 1. The molecule has 0 heterocycles. The Morgan fingerprint density at radius 3 is 2.80 bits per heavy atom. The van der Waals surface area contributed by atoms with Crippen LogP contribution in [-0.2, 0) is 9.59 Å². The van der Waals surface area contributed by atoms with Gasteiger partial charge in [-0.05, 0) is 37.1 Å². The van der Waals surface area contributed by atoms with Gasteiger partial charge in [-0.2, -0.15) is 0 Å². The van der Waals surface area contributed by atoms with Crippen LogP contribution in [0.15, 0.2) is 30.3 Å². The third-order valence-electron chi connectivity index (χ3n) is 2.81. The number of carbonyl (C=O) groups excluding carboxylic acids is 1. The van der Waals surface area contributed by atoms with Crippen LogP contribution in [0.5, 0.6) is 0 Å². The number of nitrogens with one attached hydrogen (secondary N) is 2. The van der Waals surface area contributed by atoms with E-state index < -0.39 is 5.97 Å². The molecule has 0 aliphatic heterocycles. The number of carbonyl (C=O) groups is 2. The molecule has 3 N–H and O–H groups in total. The Morgan fingerprint density at radius 2 is 2.15 bits per heavy atom. The van der Waals surface area contributed by atoms with E-state index >= 15 is 0 Å². The standard InChI is InChI=1S/C15H20N2O3/c1-3-11(2)16-10-14(18)17-13-6-4-5-12(9-13)7-8-15(19)20/h4-9,11,16H,3,10H2,1-2H3,(H,17,18)(H,19,20)/b8-7+. The first-order valence-corrected chi connectivity index (χ1v) is 6.55. The molecule has 1 rings (SSSR count). The summed E-state index contributed by atoms with van der Waals surface area (Å²) in [5, 5.41) is 14.4. The maximum absolute atomic E-state index is 11.7. The second-order valence-corrected chi connectivity index (χ2v) is 4.54. The summed E-state index contributed by atoms with van der Waals surface area (Å²) in [5.74, 6) is -1.12. The number of rotatable bonds is 7. The van der Waals surface area contributed by atoms with E-state index in [2.05, 4.69) is 10.6 Å². The van der Waals surface area contributed by atoms with Gasteiger partial charge in [-0.25, -0.2) is 4.79 Å². The molecule has 108 valence electrons. The highest BCUT2D eigenvalue weighted by Crippen LogP contribution is 2.11. The van der Waals surface area contributed by atoms with Crippen molar-refractivity contribution in [1.29, 1.82) is 0 Å². The number of amides is 1. The average molecular weight is 276 g/mol. The molecule has 1 aromatic rings. The first-order chi connectivity index (χ1) is 9.51. The minimum absolute atomic E-state index is 0.121. The van der Waals surface area contributed by atoms with Crippen LogP contribution in [0.4, 0.5) is 5.69 Å². The van der Waals surface area contributed by atoms with Gasteiger partial charge in [0.1, 0.15) is 0 Å². The second kappa shape index (κ2) is 8.12. The summed E-state index contributed by atoms with van der Waals surface area (Å²) in [5.41, 5.74) is 1.37. The minimum Gasteiger partial charge on any atom is -0.478 e. The Hall–Kier alpha value is -2.14. The van der Waals surface area contributed by atoms with Crippen LogP contribution in [0.1, 0.15) is 25.8 Å². The van der Waals surface area contributed by atoms with E-state index in [0.717, 1.165) is 18.1 Å². The monoisotopic (exact) mass is 276 g/mol. The van der Waals surface area contributed by atoms with Crippen molar-refractivity contribution in [3.05, 3.63) is 35.9 Å². The smallest absolute Gasteiger partial charge is 0.328 e. The van der Waals surface area contributed by atoms with Crippen LogP contribution in [0.3, 0.4) is 0 Å². The lowest BCUT2D eigenvalue weighted by atomic mass is 10.2. The van der Waals surface area contributed by atoms with Crippen molar-refractivity contribution in [2.45, 2.75) is 26.3 Å². The molecule has 1 amide bonds. The largest absolute Gasteiger partial charge is 0.478 e. The molecule has 5 nitrogen and oxygen atoms in total. The van der Waals surface area contributed by atoms with Crippen molar-refractivity contribution in [2.75, 3.05) is 11.9 Å². The molecule has 0 spiro atoms. The molecular formula is C15H20N2O3. The molecule has 20 heavy (non-hydrogen) atoms. The van der Waals surface area contributed by atoms with E-state index in [1.165, 1.54) is 6.08 Å². The van der Waals surface area contributed by atoms with Crippen molar-refractivity contribution in [1.82, 2.24) is 5.32 Å². The topological polar surface area (TPSA) is 78.4 Å². The Labute approximate surface area is 118 Å². The second-order valence-electron chi connectivity index (χ2n) is 4.54. The van der Waals surface area contributed by atoms with Crippen LogP contribution >= 0.6 is 0 Å². The fourth-order valence-electron chi connectivity index (χ4n) is 1.50. The number of anilines is 1. The summed E-state index contributed by atoms with van der Waals surface area (Å²) >= 11 is 0. The van der Waals surface area contributed by atoms with Gasteiger partial charge in [-0.15, -0.1) is 0 Å². The van der Waals surface area contributed by atoms with Crippen molar-refractivity contribution in [2.24, 2.45) is 0 Å². The molecule has 0 fully saturated rings. The van der Waals surface area contributed by atoms with E-state index in [4.69, 9.17) is 5.11 Å². The summed E-state index contributed by atoms with van der Waals surface area (Å²) in [6.07, 6.45) is 3.50. The van der Waals surface area contributed by atoms with Crippen LogP contribution in [0.25, 0.3) is 6.08 Å². The van der Waals surface area contributed by atoms with Gasteiger partial charge in [0.2, 0.25) is 5.91 Å². The fourth-order valence-corrected chi connectivity index (χ4v) is 1.50. The highest BCUT2D eigenvalue weighted by molar-refractivity contribution is 5.92. The molecule has 1 aromatic carbocycles. The molecule has 0 radical (unpaired) electrons. The average Bonchev–Trinajstić information content (AvgIpc) is 2.43. The van der Waals surface area contributed by atoms with Gasteiger partial charge in [0, 0.05) is 17.8 Å². The normalized spacial score (nSPS) is 12.3. The predicted molar refractivity (Wildman–Crippen MR) is 79.5 cm³/mol. The van der Waals surface area contributed by atoms with E-state index in [0.29, 0.717) is 11.7 Å². The number of carboxylic acid groups (broad SMARTS) is 1. The molecule has 5 heteroatoms. The van der Waals surface area contributed by atoms with E-state index in [-0.39, 0.29) is 12.5 Å². The maximum atomic E-state index is 11.7. The van der Waals surface area contributed by atoms with Gasteiger partial charge in [-0.3, -0.25) is 4.79 Å². The summed E-state index contributed by atoms with van der Waals surface area (Å²) in [6.45, 7) is 4.32. The van der Waals surface area contributed by atoms with Crippen LogP contribution in [-0.4, -0.2) is 29.6 Å². The molecular weight excluding hydrogens is 256 g/mol. The zero-order valence-electron chi connectivity index (χ0n) is 11.7. The van der Waals surface area contributed by atoms with Crippen molar-refractivity contribution in [3.63, 3.8) is 0 Å². The zero-order valence-corrected chi connectivity index (χ0v) is 11.7. The number of benzene rings is 1. The predicted octanol–water partition coefficient (Wildman–Crippen LogP) is 2.11. The summed E-state index contributed by atoms with van der Waals surface area (Å²) in [6, 6.07) is 7.32. The van der Waals surface area contributed by atoms with Crippen molar-refractivity contribution in [3.8, 4) is 0 Å². The lowest BCUT2D eigenvalue weighted by Gasteiger charge is -2.11. The molecule has 0 aliphatic carbocycles. The lowest BCUT2D eigenvalue weighted by Crippen LogP contribution is -2.33. The fraction of sp³-hybridized carbons (Fsp3) is 0.333. The molecule has 1 unspecified atom stereocenters. The van der Waals surface area contributed by atoms with Crippen molar-refractivity contribution >= 4 is 23.6 Å². The highest BCUT2D eigenvalue weighted by atomic mass is 16.4. The Morgan fingerprint density at radius 1 is 1.40 bits per heavy atom. The summed E-state index contributed by atoms with van der Waals surface area (Å²) < 4.78 is 0. The van der Waals surface area contributed by atoms with E-state index in [9.17, 15) is 9.59 Å². The van der Waals surface area contributed by atoms with Crippen LogP contribution < -0.4 is 10.6 Å². The number of hydrogen-bond acceptors (Lipinski definition) is 3. The van der Waals surface area contributed by atoms with Gasteiger partial charge >= 0.3 is 5.97 Å². The highest BCUT2D eigenvalue weighted by Gasteiger charge is 2.04. The Bertz CT molecular complexity index is 498. The third kappa shape index (κ3) is 6.15. The van der Waals surface area contributed by atoms with Crippen molar-refractivity contribution < 1.29 is 14.7 Å². The first kappa shape index (κ1) is 15.9. The van der Waals surface area contributed by atoms with Gasteiger partial charge in [0.25, 0.3) is 0 Å². The lowest BCUT2D eigenvalue weighted by molar-refractivity contribution is -0.131. The molecule has 0 aliphatic rings. The van der Waals surface area contributed by atoms with Gasteiger partial charge in [0.15, 0.2) is 0 Å². The number of hydrogen-bond donors (Lipinski definition) is 3. The SMILES string of the molecule is CCC(C)NCC(=O)Nc1cccc(/C=C/C(=O)O)c1. The van der Waals surface area contributed by atoms with Crippen LogP contribution in [0.2, 0.25) is 0 Å². The first-order valence-electron chi connectivity index (χ1n) is 6.55. The van der Waals surface area contributed by atoms with Gasteiger partial charge < -0.3 is 15.7 Å². The van der Waals surface area contributed by atoms with E-state index in [1.54, 1.807) is 24.3 Å². The molecule has 0 saturated carbocycles. The molecule has 0 bridgehead atoms. The Balaban J connectivity index is 2.57. The molecule has 0 aromatic heterocycles. The van der Waals surface area contributed by atoms with E-state index in [1.807, 2.05) is 13.8 Å².